The van der Waals surface area contributed by atoms with Crippen molar-refractivity contribution >= 4 is 59.4 Å². The molecule has 55 heavy (non-hydrogen) atoms. The number of rotatable bonds is 6. The Morgan fingerprint density at radius 1 is 0.509 bits per heavy atom. The Labute approximate surface area is 321 Å². The summed E-state index contributed by atoms with van der Waals surface area (Å²) in [4.78, 5) is 4.85. The highest BCUT2D eigenvalue weighted by molar-refractivity contribution is 6.24. The zero-order valence-corrected chi connectivity index (χ0v) is 30.4. The van der Waals surface area contributed by atoms with Gasteiger partial charge < -0.3 is 0 Å². The van der Waals surface area contributed by atoms with Gasteiger partial charge in [0.2, 0.25) is 0 Å². The molecule has 0 saturated heterocycles. The van der Waals surface area contributed by atoms with E-state index in [-0.39, 0.29) is 0 Å². The molecule has 1 heteroatoms. The molecule has 0 aliphatic heterocycles. The Bertz CT molecular complexity index is 3060. The quantitative estimate of drug-likeness (QED) is 0.124. The summed E-state index contributed by atoms with van der Waals surface area (Å²) in [6.07, 6.45) is 17.9. The molecule has 0 saturated carbocycles. The number of fused-ring (bicyclic) bond motifs is 5. The van der Waals surface area contributed by atoms with Gasteiger partial charge >= 0.3 is 0 Å². The molecular weight excluding hydrogens is 663 g/mol. The highest BCUT2D eigenvalue weighted by Gasteiger charge is 2.21. The molecule has 0 amide bonds. The second kappa shape index (κ2) is 13.7. The Kier molecular flexibility index (Phi) is 8.12. The van der Waals surface area contributed by atoms with E-state index < -0.39 is 0 Å². The summed E-state index contributed by atoms with van der Waals surface area (Å²) in [7, 11) is 0. The van der Waals surface area contributed by atoms with Crippen molar-refractivity contribution in [3.63, 3.8) is 0 Å². The number of hydrogen-bond donors (Lipinski definition) is 0. The van der Waals surface area contributed by atoms with Gasteiger partial charge in [-0.05, 0) is 124 Å². The van der Waals surface area contributed by atoms with Crippen molar-refractivity contribution in [3.8, 4) is 33.5 Å². The van der Waals surface area contributed by atoms with E-state index in [0.717, 1.165) is 17.7 Å². The highest BCUT2D eigenvalue weighted by Crippen LogP contribution is 2.47. The van der Waals surface area contributed by atoms with Crippen molar-refractivity contribution in [3.05, 3.63) is 218 Å². The number of benzene rings is 8. The average Bonchev–Trinajstić information content (AvgIpc) is 3.25. The van der Waals surface area contributed by atoms with Crippen LogP contribution >= 0.6 is 0 Å². The van der Waals surface area contributed by atoms with E-state index in [0.29, 0.717) is 0 Å². The lowest BCUT2D eigenvalue weighted by atomic mass is 9.82. The Balaban J connectivity index is 1.34. The van der Waals surface area contributed by atoms with Gasteiger partial charge in [-0.15, -0.1) is 0 Å². The zero-order chi connectivity index (χ0) is 36.7. The SMILES string of the molecule is C=C/C=C(\C=C1\C=CC=CC1)c1c2ccccc2c(-c2ccc3ccccc3c2)c2cc(-c3c4ccccc4c(-c4ccccn4)c4ccccc34)ccc12. The summed E-state index contributed by atoms with van der Waals surface area (Å²) in [6.45, 7) is 4.17. The molecule has 10 rings (SSSR count). The molecule has 0 unspecified atom stereocenters. The minimum atomic E-state index is 0.898. The van der Waals surface area contributed by atoms with Crippen LogP contribution in [0.15, 0.2) is 213 Å². The van der Waals surface area contributed by atoms with Gasteiger partial charge in [-0.25, -0.2) is 0 Å². The van der Waals surface area contributed by atoms with Crippen molar-refractivity contribution in [2.75, 3.05) is 0 Å². The fourth-order valence-corrected chi connectivity index (χ4v) is 8.69. The van der Waals surface area contributed by atoms with Crippen molar-refractivity contribution in [2.45, 2.75) is 6.42 Å². The minimum absolute atomic E-state index is 0.898. The summed E-state index contributed by atoms with van der Waals surface area (Å²) < 4.78 is 0. The predicted molar refractivity (Wildman–Crippen MR) is 237 cm³/mol. The first-order valence-corrected chi connectivity index (χ1v) is 19.0. The molecule has 8 aromatic carbocycles. The standard InChI is InChI=1S/C54H37N/c1-2-16-39(33-36-17-4-3-5-18-36)51-42-21-8-9-22-43(42)53(40-29-28-37-19-6-7-20-38(37)34-40)49-35-41(30-31-48(49)51)52-44-23-10-12-25-46(44)54(50-27-14-15-32-55-50)47-26-13-11-24-45(47)52/h2-17,19-35H,1,18H2/b36-33-,39-16+. The maximum absolute atomic E-state index is 4.85. The van der Waals surface area contributed by atoms with Crippen LogP contribution in [0.25, 0.3) is 92.9 Å². The summed E-state index contributed by atoms with van der Waals surface area (Å²) in [5.74, 6) is 0. The number of nitrogens with zero attached hydrogens (tertiary/aromatic N) is 1. The summed E-state index contributed by atoms with van der Waals surface area (Å²) in [5.41, 5.74) is 10.7. The second-order valence-corrected chi connectivity index (χ2v) is 14.2. The van der Waals surface area contributed by atoms with Gasteiger partial charge in [0, 0.05) is 11.8 Å². The second-order valence-electron chi connectivity index (χ2n) is 14.2. The summed E-state index contributed by atoms with van der Waals surface area (Å²) in [6, 6.07) is 55.4. The Hall–Kier alpha value is -7.09. The average molecular weight is 700 g/mol. The van der Waals surface area contributed by atoms with Crippen LogP contribution in [0.5, 0.6) is 0 Å². The van der Waals surface area contributed by atoms with E-state index in [1.54, 1.807) is 0 Å². The van der Waals surface area contributed by atoms with Gasteiger partial charge in [-0.1, -0.05) is 177 Å². The first kappa shape index (κ1) is 32.6. The molecule has 1 aromatic heterocycles. The molecule has 0 atom stereocenters. The topological polar surface area (TPSA) is 12.9 Å². The summed E-state index contributed by atoms with van der Waals surface area (Å²) >= 11 is 0. The van der Waals surface area contributed by atoms with E-state index in [1.807, 2.05) is 18.3 Å². The van der Waals surface area contributed by atoms with Crippen molar-refractivity contribution in [1.29, 1.82) is 0 Å². The molecule has 258 valence electrons. The fourth-order valence-electron chi connectivity index (χ4n) is 8.69. The molecule has 0 radical (unpaired) electrons. The highest BCUT2D eigenvalue weighted by atomic mass is 14.7. The maximum Gasteiger partial charge on any atom is 0.0714 e. The third-order valence-electron chi connectivity index (χ3n) is 11.0. The molecule has 0 fully saturated rings. The van der Waals surface area contributed by atoms with Crippen LogP contribution in [0.1, 0.15) is 12.0 Å². The van der Waals surface area contributed by atoms with Gasteiger partial charge in [0.05, 0.1) is 5.69 Å². The summed E-state index contributed by atoms with van der Waals surface area (Å²) in [5, 5.41) is 12.2. The molecule has 0 bridgehead atoms. The monoisotopic (exact) mass is 699 g/mol. The van der Waals surface area contributed by atoms with Gasteiger partial charge in [0.1, 0.15) is 0 Å². The van der Waals surface area contributed by atoms with Gasteiger partial charge in [0.15, 0.2) is 0 Å². The Morgan fingerprint density at radius 2 is 1.09 bits per heavy atom. The molecule has 1 heterocycles. The normalized spacial score (nSPS) is 13.8. The molecular formula is C54H37N. The lowest BCUT2D eigenvalue weighted by Gasteiger charge is -2.21. The third kappa shape index (κ3) is 5.61. The molecule has 0 spiro atoms. The molecule has 9 aromatic rings. The van der Waals surface area contributed by atoms with E-state index in [9.17, 15) is 0 Å². The Morgan fingerprint density at radius 3 is 1.76 bits per heavy atom. The number of pyridine rings is 1. The number of allylic oxidation sites excluding steroid dienone is 9. The molecule has 1 aliphatic carbocycles. The molecule has 0 N–H and O–H groups in total. The lowest BCUT2D eigenvalue weighted by Crippen LogP contribution is -1.96. The maximum atomic E-state index is 4.85. The lowest BCUT2D eigenvalue weighted by molar-refractivity contribution is 1.27. The third-order valence-corrected chi connectivity index (χ3v) is 11.0. The number of aromatic nitrogens is 1. The minimum Gasteiger partial charge on any atom is -0.256 e. The zero-order valence-electron chi connectivity index (χ0n) is 30.4. The fraction of sp³-hybridized carbons (Fsp3) is 0.0185. The van der Waals surface area contributed by atoms with E-state index in [2.05, 4.69) is 189 Å². The van der Waals surface area contributed by atoms with Crippen LogP contribution in [0.3, 0.4) is 0 Å². The first-order valence-electron chi connectivity index (χ1n) is 19.0. The van der Waals surface area contributed by atoms with E-state index in [1.165, 1.54) is 92.8 Å². The van der Waals surface area contributed by atoms with Crippen molar-refractivity contribution in [1.82, 2.24) is 4.98 Å². The first-order chi connectivity index (χ1) is 27.3. The van der Waals surface area contributed by atoms with Crippen LogP contribution < -0.4 is 0 Å². The molecule has 1 nitrogen and oxygen atoms in total. The smallest absolute Gasteiger partial charge is 0.0714 e. The molecule has 1 aliphatic rings. The van der Waals surface area contributed by atoms with E-state index in [4.69, 9.17) is 4.98 Å². The van der Waals surface area contributed by atoms with Gasteiger partial charge in [-0.3, -0.25) is 4.98 Å². The van der Waals surface area contributed by atoms with Crippen LogP contribution in [0.2, 0.25) is 0 Å². The van der Waals surface area contributed by atoms with Gasteiger partial charge in [-0.2, -0.15) is 0 Å². The van der Waals surface area contributed by atoms with Gasteiger partial charge in [0.25, 0.3) is 0 Å². The predicted octanol–water partition coefficient (Wildman–Crippen LogP) is 14.9. The van der Waals surface area contributed by atoms with Crippen LogP contribution in [-0.2, 0) is 0 Å². The van der Waals surface area contributed by atoms with Crippen LogP contribution in [0.4, 0.5) is 0 Å². The largest absolute Gasteiger partial charge is 0.256 e. The van der Waals surface area contributed by atoms with Crippen molar-refractivity contribution in [2.24, 2.45) is 0 Å². The van der Waals surface area contributed by atoms with Crippen LogP contribution in [-0.4, -0.2) is 4.98 Å². The van der Waals surface area contributed by atoms with E-state index >= 15 is 0 Å². The van der Waals surface area contributed by atoms with Crippen molar-refractivity contribution < 1.29 is 0 Å². The van der Waals surface area contributed by atoms with Crippen LogP contribution in [0, 0.1) is 0 Å². The number of hydrogen-bond acceptors (Lipinski definition) is 1.